The van der Waals surface area contributed by atoms with Crippen LogP contribution >= 0.6 is 0 Å². The fourth-order valence-electron chi connectivity index (χ4n) is 1.70. The molecular weight excluding hydrogens is 240 g/mol. The molecule has 0 fully saturated rings. The van der Waals surface area contributed by atoms with Gasteiger partial charge in [-0.3, -0.25) is 0 Å². The van der Waals surface area contributed by atoms with Crippen molar-refractivity contribution in [1.82, 2.24) is 5.32 Å². The highest BCUT2D eigenvalue weighted by Crippen LogP contribution is 2.23. The first kappa shape index (κ1) is 12.3. The summed E-state index contributed by atoms with van der Waals surface area (Å²) in [7, 11) is 0. The van der Waals surface area contributed by atoms with Crippen molar-refractivity contribution in [3.63, 3.8) is 0 Å². The minimum absolute atomic E-state index is 0.0449. The number of rotatable bonds is 2. The van der Waals surface area contributed by atoms with Crippen molar-refractivity contribution in [3.8, 4) is 0 Å². The molecule has 0 saturated heterocycles. The zero-order chi connectivity index (χ0) is 13.3. The quantitative estimate of drug-likeness (QED) is 0.590. The van der Waals surface area contributed by atoms with Gasteiger partial charge in [0, 0.05) is 18.2 Å². The largest absolute Gasteiger partial charge is 0.398 e. The molecule has 1 heterocycles. The van der Waals surface area contributed by atoms with Crippen LogP contribution in [0.1, 0.15) is 5.56 Å². The van der Waals surface area contributed by atoms with Gasteiger partial charge in [0.2, 0.25) is 0 Å². The lowest BCUT2D eigenvalue weighted by Gasteiger charge is -2.29. The van der Waals surface area contributed by atoms with E-state index >= 15 is 0 Å². The highest BCUT2D eigenvalue weighted by molar-refractivity contribution is 5.80. The summed E-state index contributed by atoms with van der Waals surface area (Å²) in [6, 6.07) is 3.57. The molecule has 18 heavy (non-hydrogen) atoms. The molecule has 1 atom stereocenters. The van der Waals surface area contributed by atoms with Crippen LogP contribution in [0.4, 0.5) is 8.78 Å². The topological polar surface area (TPSA) is 102 Å². The van der Waals surface area contributed by atoms with Crippen molar-refractivity contribution in [2.75, 3.05) is 0 Å². The van der Waals surface area contributed by atoms with Gasteiger partial charge in [-0.15, -0.1) is 0 Å². The van der Waals surface area contributed by atoms with Crippen LogP contribution < -0.4 is 22.5 Å². The van der Waals surface area contributed by atoms with Crippen LogP contribution in [0.5, 0.6) is 0 Å². The molecule has 1 unspecified atom stereocenters. The summed E-state index contributed by atoms with van der Waals surface area (Å²) in [5, 5.41) is 2.58. The van der Waals surface area contributed by atoms with Crippen LogP contribution in [0, 0.1) is 11.6 Å². The first-order chi connectivity index (χ1) is 8.42. The molecule has 1 aliphatic heterocycles. The van der Waals surface area contributed by atoms with Gasteiger partial charge < -0.3 is 22.5 Å². The van der Waals surface area contributed by atoms with Crippen molar-refractivity contribution < 1.29 is 8.78 Å². The Morgan fingerprint density at radius 2 is 1.83 bits per heavy atom. The number of benzene rings is 1. The van der Waals surface area contributed by atoms with Gasteiger partial charge in [0.15, 0.2) is 11.6 Å². The van der Waals surface area contributed by atoms with E-state index in [1.807, 2.05) is 0 Å². The molecule has 5 nitrogen and oxygen atoms in total. The molecule has 0 aromatic heterocycles. The van der Waals surface area contributed by atoms with Gasteiger partial charge in [-0.2, -0.15) is 0 Å². The Morgan fingerprint density at radius 1 is 1.22 bits per heavy atom. The van der Waals surface area contributed by atoms with Crippen LogP contribution in [0.3, 0.4) is 0 Å². The first-order valence-corrected chi connectivity index (χ1v) is 5.22. The maximum Gasteiger partial charge on any atom is 0.195 e. The lowest BCUT2D eigenvalue weighted by atomic mass is 9.96. The van der Waals surface area contributed by atoms with Gasteiger partial charge in [0.1, 0.15) is 11.6 Å². The Bertz CT molecular complexity index is 520. The van der Waals surface area contributed by atoms with E-state index in [4.69, 9.17) is 17.2 Å². The third kappa shape index (κ3) is 2.12. The molecule has 7 heteroatoms. The molecule has 2 rings (SSSR count). The highest BCUT2D eigenvalue weighted by Gasteiger charge is 2.33. The Kier molecular flexibility index (Phi) is 2.92. The predicted molar refractivity (Wildman–Crippen MR) is 64.0 cm³/mol. The molecule has 0 amide bonds. The van der Waals surface area contributed by atoms with E-state index in [9.17, 15) is 8.78 Å². The van der Waals surface area contributed by atoms with Crippen molar-refractivity contribution in [2.24, 2.45) is 22.2 Å². The molecular formula is C11H13F2N5. The number of guanidine groups is 1. The normalized spacial score (nSPS) is 23.1. The monoisotopic (exact) mass is 253 g/mol. The molecule has 1 aromatic rings. The molecule has 96 valence electrons. The third-order valence-electron chi connectivity index (χ3n) is 2.70. The van der Waals surface area contributed by atoms with E-state index in [1.54, 1.807) is 0 Å². The zero-order valence-electron chi connectivity index (χ0n) is 9.45. The Balaban J connectivity index is 2.39. The van der Waals surface area contributed by atoms with E-state index in [2.05, 4.69) is 10.3 Å². The second kappa shape index (κ2) is 4.26. The molecule has 1 aliphatic rings. The van der Waals surface area contributed by atoms with E-state index in [1.165, 1.54) is 12.3 Å². The summed E-state index contributed by atoms with van der Waals surface area (Å²) in [6.45, 7) is 0. The first-order valence-electron chi connectivity index (χ1n) is 5.22. The number of aliphatic imine (C=N–C) groups is 1. The minimum Gasteiger partial charge on any atom is -0.398 e. The van der Waals surface area contributed by atoms with Crippen LogP contribution in [-0.2, 0) is 6.42 Å². The molecule has 0 spiro atoms. The fourth-order valence-corrected chi connectivity index (χ4v) is 1.70. The molecule has 0 aliphatic carbocycles. The summed E-state index contributed by atoms with van der Waals surface area (Å²) >= 11 is 0. The van der Waals surface area contributed by atoms with Crippen LogP contribution in [0.2, 0.25) is 0 Å². The summed E-state index contributed by atoms with van der Waals surface area (Å²) in [5.41, 5.74) is 15.6. The van der Waals surface area contributed by atoms with Crippen LogP contribution in [-0.4, -0.2) is 11.6 Å². The molecule has 0 saturated carbocycles. The summed E-state index contributed by atoms with van der Waals surface area (Å²) < 4.78 is 27.1. The molecule has 0 bridgehead atoms. The average Bonchev–Trinajstić information content (AvgIpc) is 2.30. The van der Waals surface area contributed by atoms with Crippen LogP contribution in [0.25, 0.3) is 0 Å². The number of halogens is 2. The lowest BCUT2D eigenvalue weighted by molar-refractivity contribution is 0.465. The van der Waals surface area contributed by atoms with Crippen molar-refractivity contribution in [3.05, 3.63) is 47.3 Å². The summed E-state index contributed by atoms with van der Waals surface area (Å²) in [4.78, 5) is 3.91. The van der Waals surface area contributed by atoms with Gasteiger partial charge >= 0.3 is 0 Å². The Morgan fingerprint density at radius 3 is 2.44 bits per heavy atom. The molecule has 0 radical (unpaired) electrons. The second-order valence-corrected chi connectivity index (χ2v) is 4.04. The number of nitrogens with two attached hydrogens (primary N) is 3. The standard InChI is InChI=1S/C11H13F2N5/c12-7-2-1-3-8(13)6(7)4-11(16)9(14)5-17-10(15)18-11/h1-3,5H,4,14,16H2,(H3,15,17,18). The van der Waals surface area contributed by atoms with Gasteiger partial charge in [0.25, 0.3) is 0 Å². The van der Waals surface area contributed by atoms with Crippen molar-refractivity contribution >= 4 is 5.96 Å². The van der Waals surface area contributed by atoms with Gasteiger partial charge in [-0.1, -0.05) is 6.07 Å². The number of hydrogen-bond donors (Lipinski definition) is 4. The SMILES string of the molecule is NC1=CNC(N)=NC1(N)Cc1c(F)cccc1F. The summed E-state index contributed by atoms with van der Waals surface area (Å²) in [6.07, 6.45) is 1.15. The fraction of sp³-hybridized carbons (Fsp3) is 0.182. The van der Waals surface area contributed by atoms with Crippen LogP contribution in [0.15, 0.2) is 35.1 Å². The maximum atomic E-state index is 13.5. The Hall–Kier alpha value is -2.15. The van der Waals surface area contributed by atoms with Gasteiger partial charge in [-0.25, -0.2) is 13.8 Å². The highest BCUT2D eigenvalue weighted by atomic mass is 19.1. The zero-order valence-corrected chi connectivity index (χ0v) is 9.45. The number of nitrogens with one attached hydrogen (secondary N) is 1. The Labute approximate surface area is 102 Å². The molecule has 7 N–H and O–H groups in total. The lowest BCUT2D eigenvalue weighted by Crippen LogP contribution is -2.52. The smallest absolute Gasteiger partial charge is 0.195 e. The van der Waals surface area contributed by atoms with Gasteiger partial charge in [0.05, 0.1) is 5.70 Å². The number of nitrogens with zero attached hydrogens (tertiary/aromatic N) is 1. The minimum atomic E-state index is -1.45. The van der Waals surface area contributed by atoms with E-state index in [0.29, 0.717) is 0 Å². The van der Waals surface area contributed by atoms with Crippen molar-refractivity contribution in [2.45, 2.75) is 12.1 Å². The van der Waals surface area contributed by atoms with Gasteiger partial charge in [-0.05, 0) is 12.1 Å². The number of hydrogen-bond acceptors (Lipinski definition) is 5. The average molecular weight is 253 g/mol. The van der Waals surface area contributed by atoms with E-state index in [0.717, 1.165) is 12.1 Å². The van der Waals surface area contributed by atoms with Crippen molar-refractivity contribution in [1.29, 1.82) is 0 Å². The maximum absolute atomic E-state index is 13.5. The predicted octanol–water partition coefficient (Wildman–Crippen LogP) is -0.120. The summed E-state index contributed by atoms with van der Waals surface area (Å²) in [5.74, 6) is -1.34. The second-order valence-electron chi connectivity index (χ2n) is 4.04. The molecule has 1 aromatic carbocycles. The van der Waals surface area contributed by atoms with E-state index < -0.39 is 17.3 Å². The van der Waals surface area contributed by atoms with E-state index in [-0.39, 0.29) is 23.6 Å². The third-order valence-corrected chi connectivity index (χ3v) is 2.70.